The molecule has 0 radical (unpaired) electrons. The Bertz CT molecular complexity index is 1330. The van der Waals surface area contributed by atoms with Gasteiger partial charge in [-0.2, -0.15) is 4.57 Å². The summed E-state index contributed by atoms with van der Waals surface area (Å²) in [6.07, 6.45) is 0. The molecule has 0 amide bonds. The second-order valence-electron chi connectivity index (χ2n) is 8.83. The van der Waals surface area contributed by atoms with Crippen LogP contribution in [0.25, 0.3) is 16.7 Å². The first-order valence-corrected chi connectivity index (χ1v) is 11.0. The van der Waals surface area contributed by atoms with E-state index in [-0.39, 0.29) is 6.04 Å². The van der Waals surface area contributed by atoms with Gasteiger partial charge in [0.1, 0.15) is 22.4 Å². The van der Waals surface area contributed by atoms with Gasteiger partial charge in [-0.25, -0.2) is 9.47 Å². The average molecular weight is 416 g/mol. The molecule has 3 aromatic carbocycles. The fourth-order valence-corrected chi connectivity index (χ4v) is 4.57. The molecule has 0 aliphatic carbocycles. The third-order valence-corrected chi connectivity index (χ3v) is 6.00. The number of hydrogen-bond acceptors (Lipinski definition) is 1. The minimum Gasteiger partial charge on any atom is -0.233 e. The van der Waals surface area contributed by atoms with Crippen molar-refractivity contribution in [3.63, 3.8) is 0 Å². The molecule has 0 bridgehead atoms. The predicted molar refractivity (Wildman–Crippen MR) is 132 cm³/mol. The Labute approximate surface area is 190 Å². The summed E-state index contributed by atoms with van der Waals surface area (Å²) in [5.74, 6) is 1.28. The number of imidazole rings is 1. The van der Waals surface area contributed by atoms with Gasteiger partial charge in [0.25, 0.3) is 0 Å². The highest BCUT2D eigenvalue weighted by atomic mass is 15.4. The summed E-state index contributed by atoms with van der Waals surface area (Å²) in [5.41, 5.74) is 6.42. The van der Waals surface area contributed by atoms with E-state index in [2.05, 4.69) is 85.2 Å². The minimum absolute atomic E-state index is 0.162. The SMILES string of the molecule is [2H]C([2H])([2H])c1cccc(C)c1-n1c(N(C)c2ccccc2C(C)C)[n+](C(C)C)c2ccccc21. The molecule has 0 spiro atoms. The van der Waals surface area contributed by atoms with Gasteiger partial charge >= 0.3 is 5.95 Å². The van der Waals surface area contributed by atoms with Crippen molar-refractivity contribution < 1.29 is 8.68 Å². The molecule has 160 valence electrons. The summed E-state index contributed by atoms with van der Waals surface area (Å²) < 4.78 is 29.3. The van der Waals surface area contributed by atoms with Gasteiger partial charge in [0, 0.05) is 4.11 Å². The Kier molecular flexibility index (Phi) is 4.67. The maximum atomic E-state index is 8.29. The average Bonchev–Trinajstić information content (AvgIpc) is 3.13. The summed E-state index contributed by atoms with van der Waals surface area (Å²) in [4.78, 5) is 2.21. The van der Waals surface area contributed by atoms with Gasteiger partial charge in [-0.05, 0) is 68.4 Å². The van der Waals surface area contributed by atoms with E-state index >= 15 is 0 Å². The number of aromatic nitrogens is 2. The van der Waals surface area contributed by atoms with Crippen LogP contribution in [0.1, 0.15) is 60.5 Å². The number of hydrogen-bond donors (Lipinski definition) is 0. The number of nitrogens with zero attached hydrogens (tertiary/aromatic N) is 3. The van der Waals surface area contributed by atoms with Gasteiger partial charge in [0.15, 0.2) is 0 Å². The molecule has 0 aliphatic heterocycles. The number of anilines is 2. The summed E-state index contributed by atoms with van der Waals surface area (Å²) in [7, 11) is 2.08. The Balaban J connectivity index is 2.18. The molecular weight excluding hydrogens is 378 g/mol. The zero-order chi connectivity index (χ0) is 24.8. The van der Waals surface area contributed by atoms with Crippen molar-refractivity contribution in [1.29, 1.82) is 0 Å². The Morgan fingerprint density at radius 2 is 1.55 bits per heavy atom. The van der Waals surface area contributed by atoms with Crippen molar-refractivity contribution in [2.24, 2.45) is 0 Å². The van der Waals surface area contributed by atoms with Gasteiger partial charge in [-0.3, -0.25) is 0 Å². The summed E-state index contributed by atoms with van der Waals surface area (Å²) in [6, 6.07) is 22.4. The quantitative estimate of drug-likeness (QED) is 0.319. The molecule has 0 fully saturated rings. The van der Waals surface area contributed by atoms with Crippen LogP contribution in [-0.4, -0.2) is 11.6 Å². The normalized spacial score (nSPS) is 13.5. The van der Waals surface area contributed by atoms with Crippen LogP contribution in [-0.2, 0) is 0 Å². The minimum atomic E-state index is -2.24. The molecule has 0 N–H and O–H groups in total. The van der Waals surface area contributed by atoms with Gasteiger partial charge in [-0.1, -0.05) is 62.4 Å². The lowest BCUT2D eigenvalue weighted by Crippen LogP contribution is -2.41. The molecule has 4 rings (SSSR count). The van der Waals surface area contributed by atoms with E-state index in [9.17, 15) is 0 Å². The van der Waals surface area contributed by atoms with E-state index in [1.54, 1.807) is 6.07 Å². The molecule has 3 heteroatoms. The Morgan fingerprint density at radius 3 is 2.26 bits per heavy atom. The number of para-hydroxylation sites is 4. The topological polar surface area (TPSA) is 12.1 Å². The van der Waals surface area contributed by atoms with Crippen LogP contribution in [0.4, 0.5) is 11.6 Å². The van der Waals surface area contributed by atoms with Gasteiger partial charge in [0.05, 0.1) is 13.1 Å². The van der Waals surface area contributed by atoms with E-state index in [0.29, 0.717) is 11.5 Å². The second-order valence-corrected chi connectivity index (χ2v) is 8.83. The highest BCUT2D eigenvalue weighted by Gasteiger charge is 2.33. The smallest absolute Gasteiger partial charge is 0.233 e. The lowest BCUT2D eigenvalue weighted by atomic mass is 10.0. The number of aryl methyl sites for hydroxylation is 2. The first-order valence-electron chi connectivity index (χ1n) is 12.5. The molecule has 0 saturated carbocycles. The maximum absolute atomic E-state index is 8.29. The number of fused-ring (bicyclic) bond motifs is 1. The van der Waals surface area contributed by atoms with E-state index in [4.69, 9.17) is 4.11 Å². The van der Waals surface area contributed by atoms with E-state index in [1.807, 2.05) is 31.2 Å². The third-order valence-electron chi connectivity index (χ3n) is 6.00. The molecule has 31 heavy (non-hydrogen) atoms. The van der Waals surface area contributed by atoms with E-state index < -0.39 is 6.85 Å². The van der Waals surface area contributed by atoms with Gasteiger partial charge in [0.2, 0.25) is 0 Å². The van der Waals surface area contributed by atoms with Crippen LogP contribution in [0.3, 0.4) is 0 Å². The molecule has 0 saturated heterocycles. The molecular formula is C28H34N3+. The van der Waals surface area contributed by atoms with Crippen molar-refractivity contribution in [2.75, 3.05) is 11.9 Å². The van der Waals surface area contributed by atoms with Crippen LogP contribution < -0.4 is 9.47 Å². The molecule has 1 aromatic heterocycles. The molecule has 0 unspecified atom stereocenters. The Morgan fingerprint density at radius 1 is 0.871 bits per heavy atom. The molecule has 3 nitrogen and oxygen atoms in total. The molecule has 4 aromatic rings. The van der Waals surface area contributed by atoms with Crippen molar-refractivity contribution in [3.8, 4) is 5.69 Å². The van der Waals surface area contributed by atoms with Crippen LogP contribution in [0, 0.1) is 13.8 Å². The first kappa shape index (κ1) is 17.6. The van der Waals surface area contributed by atoms with E-state index in [1.165, 1.54) is 5.56 Å². The molecule has 1 heterocycles. The highest BCUT2D eigenvalue weighted by molar-refractivity contribution is 5.80. The fraction of sp³-hybridized carbons (Fsp3) is 0.321. The summed E-state index contributed by atoms with van der Waals surface area (Å²) >= 11 is 0. The summed E-state index contributed by atoms with van der Waals surface area (Å²) in [6.45, 7) is 8.50. The number of rotatable bonds is 5. The van der Waals surface area contributed by atoms with Crippen molar-refractivity contribution in [2.45, 2.75) is 53.4 Å². The number of benzene rings is 3. The standard InChI is InChI=1S/C28H34N3/c1-19(2)23-15-8-9-16-24(23)29(7)28-30(20(3)4)25-17-10-11-18-26(25)31(28)27-21(5)13-12-14-22(27)6/h8-20H,1-7H3/q+1/i5D3. The van der Waals surface area contributed by atoms with Crippen LogP contribution in [0.2, 0.25) is 0 Å². The highest BCUT2D eigenvalue weighted by Crippen LogP contribution is 2.36. The van der Waals surface area contributed by atoms with Crippen LogP contribution >= 0.6 is 0 Å². The largest absolute Gasteiger partial charge is 0.370 e. The van der Waals surface area contributed by atoms with E-state index in [0.717, 1.165) is 33.9 Å². The maximum Gasteiger partial charge on any atom is 0.370 e. The summed E-state index contributed by atoms with van der Waals surface area (Å²) in [5, 5.41) is 0. The van der Waals surface area contributed by atoms with Gasteiger partial charge < -0.3 is 0 Å². The second kappa shape index (κ2) is 8.22. The third kappa shape index (κ3) is 3.52. The molecule has 0 aliphatic rings. The monoisotopic (exact) mass is 415 g/mol. The van der Waals surface area contributed by atoms with Crippen molar-refractivity contribution in [3.05, 3.63) is 83.4 Å². The lowest BCUT2D eigenvalue weighted by Gasteiger charge is -2.22. The van der Waals surface area contributed by atoms with Crippen LogP contribution in [0.15, 0.2) is 66.7 Å². The van der Waals surface area contributed by atoms with Crippen molar-refractivity contribution >= 4 is 22.7 Å². The zero-order valence-corrected chi connectivity index (χ0v) is 19.3. The van der Waals surface area contributed by atoms with Crippen LogP contribution in [0.5, 0.6) is 0 Å². The van der Waals surface area contributed by atoms with Gasteiger partial charge in [-0.15, -0.1) is 0 Å². The van der Waals surface area contributed by atoms with Crippen molar-refractivity contribution in [1.82, 2.24) is 4.57 Å². The molecule has 0 atom stereocenters. The Hall–Kier alpha value is -3.07. The fourth-order valence-electron chi connectivity index (χ4n) is 4.57. The predicted octanol–water partition coefficient (Wildman–Crippen LogP) is 7.01. The zero-order valence-electron chi connectivity index (χ0n) is 22.3. The lowest BCUT2D eigenvalue weighted by molar-refractivity contribution is -0.679. The first-order chi connectivity index (χ1) is 16.0.